The zero-order chi connectivity index (χ0) is 14.4. The third kappa shape index (κ3) is 3.32. The number of aliphatic hydroxyl groups is 2. The minimum Gasteiger partial charge on any atom is -0.494 e. The van der Waals surface area contributed by atoms with Crippen LogP contribution in [0, 0.1) is 5.92 Å². The van der Waals surface area contributed by atoms with Gasteiger partial charge in [-0.05, 0) is 49.9 Å². The van der Waals surface area contributed by atoms with E-state index in [1.54, 1.807) is 0 Å². The molecule has 1 aromatic carbocycles. The number of rotatable bonds is 7. The fourth-order valence-electron chi connectivity index (χ4n) is 3.19. The van der Waals surface area contributed by atoms with Crippen LogP contribution in [0.4, 0.5) is 0 Å². The Morgan fingerprint density at radius 3 is 2.65 bits per heavy atom. The van der Waals surface area contributed by atoms with E-state index in [-0.39, 0.29) is 18.8 Å². The molecule has 0 aliphatic heterocycles. The zero-order valence-corrected chi connectivity index (χ0v) is 12.1. The summed E-state index contributed by atoms with van der Waals surface area (Å²) in [5, 5.41) is 21.9. The van der Waals surface area contributed by atoms with Gasteiger partial charge in [0.25, 0.3) is 0 Å². The first-order valence-electron chi connectivity index (χ1n) is 7.36. The molecule has 20 heavy (non-hydrogen) atoms. The second-order valence-corrected chi connectivity index (χ2v) is 5.59. The van der Waals surface area contributed by atoms with Gasteiger partial charge in [0, 0.05) is 5.54 Å². The fraction of sp³-hybridized carbons (Fsp3) is 0.625. The van der Waals surface area contributed by atoms with Crippen molar-refractivity contribution in [2.45, 2.75) is 37.8 Å². The average Bonchev–Trinajstić information content (AvgIpc) is 2.91. The highest BCUT2D eigenvalue weighted by atomic mass is 16.5. The molecule has 0 radical (unpaired) electrons. The molecule has 0 spiro atoms. The molecule has 0 bridgehead atoms. The standard InChI is InChI=1S/C16H25NO3/c1-17-16(12-19)9-2-3-14(16)8-10-20-15-6-4-13(11-18)5-7-15/h4-7,14,17-19H,2-3,8-12H2,1H3. The topological polar surface area (TPSA) is 61.7 Å². The van der Waals surface area contributed by atoms with Crippen molar-refractivity contribution in [2.24, 2.45) is 5.92 Å². The van der Waals surface area contributed by atoms with Crippen LogP contribution < -0.4 is 10.1 Å². The minimum absolute atomic E-state index is 0.0591. The van der Waals surface area contributed by atoms with E-state index >= 15 is 0 Å². The van der Waals surface area contributed by atoms with Gasteiger partial charge in [-0.1, -0.05) is 18.6 Å². The van der Waals surface area contributed by atoms with Crippen LogP contribution >= 0.6 is 0 Å². The molecule has 1 aromatic rings. The molecule has 2 atom stereocenters. The van der Waals surface area contributed by atoms with E-state index in [9.17, 15) is 5.11 Å². The van der Waals surface area contributed by atoms with Crippen molar-refractivity contribution in [3.63, 3.8) is 0 Å². The SMILES string of the molecule is CNC1(CO)CCCC1CCOc1ccc(CO)cc1. The van der Waals surface area contributed by atoms with Gasteiger partial charge in [-0.3, -0.25) is 0 Å². The van der Waals surface area contributed by atoms with Crippen LogP contribution in [0.15, 0.2) is 24.3 Å². The van der Waals surface area contributed by atoms with E-state index in [4.69, 9.17) is 9.84 Å². The summed E-state index contributed by atoms with van der Waals surface area (Å²) in [5.74, 6) is 1.30. The molecule has 0 amide bonds. The highest BCUT2D eigenvalue weighted by Crippen LogP contribution is 2.37. The summed E-state index contributed by atoms with van der Waals surface area (Å²) in [6.45, 7) is 0.912. The molecule has 112 valence electrons. The maximum atomic E-state index is 9.63. The van der Waals surface area contributed by atoms with E-state index < -0.39 is 0 Å². The molecule has 1 aliphatic carbocycles. The van der Waals surface area contributed by atoms with Crippen molar-refractivity contribution < 1.29 is 14.9 Å². The van der Waals surface area contributed by atoms with E-state index in [0.29, 0.717) is 12.5 Å². The molecule has 2 unspecified atom stereocenters. The summed E-state index contributed by atoms with van der Waals surface area (Å²) < 4.78 is 5.76. The molecule has 2 rings (SSSR count). The van der Waals surface area contributed by atoms with Crippen molar-refractivity contribution in [1.29, 1.82) is 0 Å². The Morgan fingerprint density at radius 1 is 1.30 bits per heavy atom. The second-order valence-electron chi connectivity index (χ2n) is 5.59. The predicted molar refractivity (Wildman–Crippen MR) is 78.7 cm³/mol. The quantitative estimate of drug-likeness (QED) is 0.711. The molecule has 0 aromatic heterocycles. The lowest BCUT2D eigenvalue weighted by atomic mass is 9.86. The van der Waals surface area contributed by atoms with E-state index in [1.165, 1.54) is 0 Å². The Bertz CT molecular complexity index is 401. The third-order valence-corrected chi connectivity index (χ3v) is 4.58. The van der Waals surface area contributed by atoms with Crippen LogP contribution in [0.3, 0.4) is 0 Å². The van der Waals surface area contributed by atoms with Crippen molar-refractivity contribution >= 4 is 0 Å². The summed E-state index contributed by atoms with van der Waals surface area (Å²) >= 11 is 0. The summed E-state index contributed by atoms with van der Waals surface area (Å²) in [6.07, 6.45) is 4.30. The average molecular weight is 279 g/mol. The van der Waals surface area contributed by atoms with Crippen LogP contribution in [-0.4, -0.2) is 36.0 Å². The van der Waals surface area contributed by atoms with Gasteiger partial charge in [0.2, 0.25) is 0 Å². The van der Waals surface area contributed by atoms with E-state index in [0.717, 1.165) is 37.0 Å². The largest absolute Gasteiger partial charge is 0.494 e. The van der Waals surface area contributed by atoms with Crippen LogP contribution in [-0.2, 0) is 6.61 Å². The number of hydrogen-bond donors (Lipinski definition) is 3. The molecule has 1 saturated carbocycles. The van der Waals surface area contributed by atoms with Crippen LogP contribution in [0.25, 0.3) is 0 Å². The summed E-state index contributed by atoms with van der Waals surface area (Å²) in [7, 11) is 1.93. The summed E-state index contributed by atoms with van der Waals surface area (Å²) in [4.78, 5) is 0. The first kappa shape index (κ1) is 15.3. The van der Waals surface area contributed by atoms with Gasteiger partial charge < -0.3 is 20.3 Å². The maximum Gasteiger partial charge on any atom is 0.119 e. The van der Waals surface area contributed by atoms with Crippen LogP contribution in [0.2, 0.25) is 0 Å². The van der Waals surface area contributed by atoms with Gasteiger partial charge in [-0.15, -0.1) is 0 Å². The Kier molecular flexibility index (Phi) is 5.40. The van der Waals surface area contributed by atoms with Gasteiger partial charge >= 0.3 is 0 Å². The molecule has 0 heterocycles. The lowest BCUT2D eigenvalue weighted by molar-refractivity contribution is 0.117. The normalized spacial score (nSPS) is 25.9. The molecule has 0 saturated heterocycles. The molecule has 3 N–H and O–H groups in total. The summed E-state index contributed by atoms with van der Waals surface area (Å²) in [5.41, 5.74) is 0.770. The van der Waals surface area contributed by atoms with E-state index in [2.05, 4.69) is 5.32 Å². The van der Waals surface area contributed by atoms with Crippen molar-refractivity contribution in [2.75, 3.05) is 20.3 Å². The monoisotopic (exact) mass is 279 g/mol. The minimum atomic E-state index is -0.121. The number of ether oxygens (including phenoxy) is 1. The third-order valence-electron chi connectivity index (χ3n) is 4.58. The van der Waals surface area contributed by atoms with Crippen LogP contribution in [0.5, 0.6) is 5.75 Å². The molecular weight excluding hydrogens is 254 g/mol. The Balaban J connectivity index is 1.82. The molecule has 1 aliphatic rings. The lowest BCUT2D eigenvalue weighted by Crippen LogP contribution is -2.49. The molecule has 4 nitrogen and oxygen atoms in total. The number of nitrogens with one attached hydrogen (secondary N) is 1. The molecule has 1 fully saturated rings. The van der Waals surface area contributed by atoms with Crippen LogP contribution in [0.1, 0.15) is 31.2 Å². The Labute approximate surface area is 120 Å². The lowest BCUT2D eigenvalue weighted by Gasteiger charge is -2.33. The first-order chi connectivity index (χ1) is 9.74. The maximum absolute atomic E-state index is 9.63. The van der Waals surface area contributed by atoms with E-state index in [1.807, 2.05) is 31.3 Å². The van der Waals surface area contributed by atoms with Crippen molar-refractivity contribution in [3.05, 3.63) is 29.8 Å². The smallest absolute Gasteiger partial charge is 0.119 e. The van der Waals surface area contributed by atoms with Crippen molar-refractivity contribution in [3.8, 4) is 5.75 Å². The van der Waals surface area contributed by atoms with Gasteiger partial charge in [0.1, 0.15) is 5.75 Å². The Morgan fingerprint density at radius 2 is 2.05 bits per heavy atom. The fourth-order valence-corrected chi connectivity index (χ4v) is 3.19. The van der Waals surface area contributed by atoms with Gasteiger partial charge in [0.05, 0.1) is 19.8 Å². The number of likely N-dealkylation sites (N-methyl/N-ethyl adjacent to an activating group) is 1. The van der Waals surface area contributed by atoms with Crippen molar-refractivity contribution in [1.82, 2.24) is 5.32 Å². The Hall–Kier alpha value is -1.10. The zero-order valence-electron chi connectivity index (χ0n) is 12.1. The second kappa shape index (κ2) is 7.07. The molecular formula is C16H25NO3. The number of hydrogen-bond acceptors (Lipinski definition) is 4. The van der Waals surface area contributed by atoms with Gasteiger partial charge in [-0.2, -0.15) is 0 Å². The summed E-state index contributed by atoms with van der Waals surface area (Å²) in [6, 6.07) is 7.52. The predicted octanol–water partition coefficient (Wildman–Crippen LogP) is 1.70. The highest BCUT2D eigenvalue weighted by Gasteiger charge is 2.40. The van der Waals surface area contributed by atoms with Gasteiger partial charge in [-0.25, -0.2) is 0 Å². The molecule has 4 heteroatoms. The number of benzene rings is 1. The highest BCUT2D eigenvalue weighted by molar-refractivity contribution is 5.26. The van der Waals surface area contributed by atoms with Gasteiger partial charge in [0.15, 0.2) is 0 Å². The number of aliphatic hydroxyl groups excluding tert-OH is 2. The first-order valence-corrected chi connectivity index (χ1v) is 7.36.